The quantitative estimate of drug-likeness (QED) is 0.647. The second-order valence-corrected chi connectivity index (χ2v) is 5.31. The number of carbonyl (C=O) groups is 1. The fraction of sp³-hybridized carbons (Fsp3) is 0.909. The summed E-state index contributed by atoms with van der Waals surface area (Å²) in [4.78, 5) is 11.7. The molecule has 2 fully saturated rings. The lowest BCUT2D eigenvalue weighted by molar-refractivity contribution is -0.162. The summed E-state index contributed by atoms with van der Waals surface area (Å²) in [6.07, 6.45) is 2.09. The van der Waals surface area contributed by atoms with Gasteiger partial charge in [-0.1, -0.05) is 13.8 Å². The van der Waals surface area contributed by atoms with Crippen LogP contribution in [0.4, 0.5) is 0 Å². The number of methoxy groups -OCH3 is 1. The number of aliphatic hydroxyl groups is 1. The van der Waals surface area contributed by atoms with E-state index in [1.807, 2.05) is 13.8 Å². The lowest BCUT2D eigenvalue weighted by Crippen LogP contribution is -2.46. The van der Waals surface area contributed by atoms with Crippen molar-refractivity contribution >= 4 is 5.97 Å². The van der Waals surface area contributed by atoms with Crippen molar-refractivity contribution in [3.8, 4) is 0 Å². The number of hydrogen-bond donors (Lipinski definition) is 1. The van der Waals surface area contributed by atoms with Crippen molar-refractivity contribution in [3.05, 3.63) is 0 Å². The molecule has 0 amide bonds. The second-order valence-electron chi connectivity index (χ2n) is 5.31. The maximum atomic E-state index is 11.7. The van der Waals surface area contributed by atoms with Crippen LogP contribution in [0.3, 0.4) is 0 Å². The lowest BCUT2D eigenvalue weighted by Gasteiger charge is -2.39. The van der Waals surface area contributed by atoms with Gasteiger partial charge in [-0.3, -0.25) is 4.79 Å². The Kier molecular flexibility index (Phi) is 1.94. The monoisotopic (exact) mass is 198 g/mol. The van der Waals surface area contributed by atoms with Gasteiger partial charge < -0.3 is 9.84 Å². The van der Waals surface area contributed by atoms with Gasteiger partial charge in [0.05, 0.1) is 18.6 Å². The van der Waals surface area contributed by atoms with Crippen molar-refractivity contribution in [2.45, 2.75) is 39.2 Å². The van der Waals surface area contributed by atoms with Crippen molar-refractivity contribution in [2.24, 2.45) is 16.7 Å². The van der Waals surface area contributed by atoms with E-state index in [2.05, 4.69) is 0 Å². The van der Waals surface area contributed by atoms with Crippen molar-refractivity contribution < 1.29 is 14.6 Å². The molecule has 3 nitrogen and oxygen atoms in total. The van der Waals surface area contributed by atoms with Gasteiger partial charge in [-0.05, 0) is 30.6 Å². The molecule has 0 spiro atoms. The maximum Gasteiger partial charge on any atom is 0.314 e. The van der Waals surface area contributed by atoms with Gasteiger partial charge in [-0.15, -0.1) is 0 Å². The van der Waals surface area contributed by atoms with Crippen LogP contribution < -0.4 is 0 Å². The number of aliphatic hydroxyl groups excluding tert-OH is 1. The smallest absolute Gasteiger partial charge is 0.314 e. The summed E-state index contributed by atoms with van der Waals surface area (Å²) in [5.74, 6) is 0.245. The van der Waals surface area contributed by atoms with Crippen LogP contribution in [-0.2, 0) is 9.53 Å². The van der Waals surface area contributed by atoms with Crippen molar-refractivity contribution in [2.75, 3.05) is 7.11 Å². The highest BCUT2D eigenvalue weighted by atomic mass is 16.5. The van der Waals surface area contributed by atoms with Gasteiger partial charge in [0.15, 0.2) is 0 Å². The number of ether oxygens (including phenoxy) is 1. The fourth-order valence-corrected chi connectivity index (χ4v) is 3.39. The average molecular weight is 198 g/mol. The van der Waals surface area contributed by atoms with Gasteiger partial charge in [0, 0.05) is 0 Å². The summed E-state index contributed by atoms with van der Waals surface area (Å²) < 4.78 is 4.82. The molecule has 2 rings (SSSR count). The van der Waals surface area contributed by atoms with Crippen LogP contribution in [0.5, 0.6) is 0 Å². The summed E-state index contributed by atoms with van der Waals surface area (Å²) in [6, 6.07) is 0. The summed E-state index contributed by atoms with van der Waals surface area (Å²) in [7, 11) is 1.41. The molecule has 3 atom stereocenters. The standard InChI is InChI=1S/C11H18O3/c1-10(2)7-4-5-11(6-7,8(10)12)9(13)14-3/h7-8,12H,4-6H2,1-3H3/t7-,8-,11-/m0/s1. The Labute approximate surface area is 84.4 Å². The topological polar surface area (TPSA) is 46.5 Å². The molecule has 0 radical (unpaired) electrons. The van der Waals surface area contributed by atoms with Crippen LogP contribution >= 0.6 is 0 Å². The number of rotatable bonds is 1. The molecule has 14 heavy (non-hydrogen) atoms. The Balaban J connectivity index is 2.35. The third-order valence-corrected chi connectivity index (χ3v) is 4.42. The molecular weight excluding hydrogens is 180 g/mol. The summed E-state index contributed by atoms with van der Waals surface area (Å²) in [5, 5.41) is 10.2. The largest absolute Gasteiger partial charge is 0.469 e. The number of esters is 1. The van der Waals surface area contributed by atoms with E-state index in [0.717, 1.165) is 19.3 Å². The summed E-state index contributed by atoms with van der Waals surface area (Å²) >= 11 is 0. The van der Waals surface area contributed by atoms with Gasteiger partial charge in [0.2, 0.25) is 0 Å². The van der Waals surface area contributed by atoms with E-state index < -0.39 is 11.5 Å². The molecule has 0 unspecified atom stereocenters. The average Bonchev–Trinajstić information content (AvgIpc) is 2.66. The first-order valence-electron chi connectivity index (χ1n) is 5.21. The molecule has 0 saturated heterocycles. The number of hydrogen-bond acceptors (Lipinski definition) is 3. The third kappa shape index (κ3) is 0.937. The Hall–Kier alpha value is -0.570. The zero-order valence-electron chi connectivity index (χ0n) is 9.04. The Morgan fingerprint density at radius 3 is 2.57 bits per heavy atom. The minimum atomic E-state index is -0.594. The molecule has 0 heterocycles. The van der Waals surface area contributed by atoms with Crippen molar-refractivity contribution in [3.63, 3.8) is 0 Å². The summed E-state index contributed by atoms with van der Waals surface area (Å²) in [6.45, 7) is 4.10. The number of carbonyl (C=O) groups excluding carboxylic acids is 1. The molecule has 2 bridgehead atoms. The van der Waals surface area contributed by atoms with Crippen LogP contribution in [0.15, 0.2) is 0 Å². The maximum absolute atomic E-state index is 11.7. The van der Waals surface area contributed by atoms with Crippen LogP contribution in [0.1, 0.15) is 33.1 Å². The van der Waals surface area contributed by atoms with Crippen LogP contribution in [-0.4, -0.2) is 24.3 Å². The van der Waals surface area contributed by atoms with Crippen LogP contribution in [0.25, 0.3) is 0 Å². The minimum Gasteiger partial charge on any atom is -0.469 e. The zero-order chi connectivity index (χ0) is 10.6. The molecule has 2 aliphatic carbocycles. The molecule has 2 saturated carbocycles. The first kappa shape index (κ1) is 9.97. The normalized spacial score (nSPS) is 44.0. The van der Waals surface area contributed by atoms with Crippen LogP contribution in [0, 0.1) is 16.7 Å². The highest BCUT2D eigenvalue weighted by Crippen LogP contribution is 2.62. The highest BCUT2D eigenvalue weighted by Gasteiger charge is 2.65. The molecule has 0 aromatic carbocycles. The van der Waals surface area contributed by atoms with Gasteiger partial charge >= 0.3 is 5.97 Å². The van der Waals surface area contributed by atoms with Crippen LogP contribution in [0.2, 0.25) is 0 Å². The van der Waals surface area contributed by atoms with Crippen molar-refractivity contribution in [1.29, 1.82) is 0 Å². The first-order chi connectivity index (χ1) is 6.45. The Bertz CT molecular complexity index is 272. The molecule has 0 aliphatic heterocycles. The van der Waals surface area contributed by atoms with E-state index in [1.54, 1.807) is 0 Å². The zero-order valence-corrected chi connectivity index (χ0v) is 9.04. The van der Waals surface area contributed by atoms with Gasteiger partial charge in [-0.2, -0.15) is 0 Å². The van der Waals surface area contributed by atoms with E-state index >= 15 is 0 Å². The van der Waals surface area contributed by atoms with E-state index in [4.69, 9.17) is 4.74 Å². The SMILES string of the molecule is COC(=O)[C@@]12CC[C@@H](C1)C(C)(C)[C@@H]2O. The van der Waals surface area contributed by atoms with E-state index in [0.29, 0.717) is 5.92 Å². The van der Waals surface area contributed by atoms with E-state index in [-0.39, 0.29) is 11.4 Å². The second kappa shape index (κ2) is 2.72. The highest BCUT2D eigenvalue weighted by molar-refractivity contribution is 5.79. The molecular formula is C11H18O3. The molecule has 0 aromatic rings. The molecule has 1 N–H and O–H groups in total. The van der Waals surface area contributed by atoms with E-state index in [1.165, 1.54) is 7.11 Å². The number of fused-ring (bicyclic) bond motifs is 2. The molecule has 3 heteroatoms. The first-order valence-corrected chi connectivity index (χ1v) is 5.21. The van der Waals surface area contributed by atoms with Crippen molar-refractivity contribution in [1.82, 2.24) is 0 Å². The molecule has 0 aromatic heterocycles. The Morgan fingerprint density at radius 2 is 2.14 bits per heavy atom. The van der Waals surface area contributed by atoms with Gasteiger partial charge in [0.25, 0.3) is 0 Å². The fourth-order valence-electron chi connectivity index (χ4n) is 3.39. The Morgan fingerprint density at radius 1 is 1.50 bits per heavy atom. The summed E-state index contributed by atoms with van der Waals surface area (Å²) in [5.41, 5.74) is -0.727. The third-order valence-electron chi connectivity index (χ3n) is 4.42. The predicted octanol–water partition coefficient (Wildman–Crippen LogP) is 1.35. The minimum absolute atomic E-state index is 0.132. The van der Waals surface area contributed by atoms with E-state index in [9.17, 15) is 9.90 Å². The van der Waals surface area contributed by atoms with Gasteiger partial charge in [0.1, 0.15) is 0 Å². The molecule has 2 aliphatic rings. The lowest BCUT2D eigenvalue weighted by atomic mass is 9.69. The molecule has 80 valence electrons. The predicted molar refractivity (Wildman–Crippen MR) is 51.6 cm³/mol. The van der Waals surface area contributed by atoms with Gasteiger partial charge in [-0.25, -0.2) is 0 Å².